The summed E-state index contributed by atoms with van der Waals surface area (Å²) >= 11 is 0. The molecule has 2 heterocycles. The lowest BCUT2D eigenvalue weighted by Crippen LogP contribution is -2.61. The SMILES string of the molecule is C=C(C)C(=O)NC(=O)NC1OC(CO[Si](C)(C)C(C)(C)C)C2(OS(=O)(=O)C=C2N)C1O[Si](C)(C)C(C)(C)C. The van der Waals surface area contributed by atoms with Crippen molar-refractivity contribution in [3.05, 3.63) is 23.3 Å². The van der Waals surface area contributed by atoms with Gasteiger partial charge in [0.1, 0.15) is 12.2 Å². The van der Waals surface area contributed by atoms with E-state index in [-0.39, 0.29) is 28.0 Å². The zero-order valence-corrected chi connectivity index (χ0v) is 27.3. The first-order valence-corrected chi connectivity index (χ1v) is 19.8. The summed E-state index contributed by atoms with van der Waals surface area (Å²) < 4.78 is 50.4. The fourth-order valence-electron chi connectivity index (χ4n) is 3.51. The van der Waals surface area contributed by atoms with Gasteiger partial charge in [0.2, 0.25) is 0 Å². The monoisotopic (exact) mass is 591 g/mol. The van der Waals surface area contributed by atoms with E-state index < -0.39 is 62.7 Å². The molecule has 1 spiro atoms. The summed E-state index contributed by atoms with van der Waals surface area (Å²) in [5, 5.41) is 5.21. The van der Waals surface area contributed by atoms with Crippen molar-refractivity contribution in [2.75, 3.05) is 6.61 Å². The highest BCUT2D eigenvalue weighted by Crippen LogP contribution is 2.49. The predicted octanol–water partition coefficient (Wildman–Crippen LogP) is 3.42. The van der Waals surface area contributed by atoms with Crippen LogP contribution in [0.3, 0.4) is 0 Å². The van der Waals surface area contributed by atoms with Gasteiger partial charge in [-0.25, -0.2) is 8.98 Å². The molecule has 0 aliphatic carbocycles. The van der Waals surface area contributed by atoms with Gasteiger partial charge in [0.05, 0.1) is 17.7 Å². The Labute approximate surface area is 229 Å². The first kappa shape index (κ1) is 32.7. The molecular formula is C24H45N3O8SSi2. The lowest BCUT2D eigenvalue weighted by Gasteiger charge is -2.43. The van der Waals surface area contributed by atoms with Crippen LogP contribution < -0.4 is 16.4 Å². The third kappa shape index (κ3) is 6.59. The summed E-state index contributed by atoms with van der Waals surface area (Å²) in [6.07, 6.45) is -3.41. The van der Waals surface area contributed by atoms with Gasteiger partial charge < -0.3 is 24.6 Å². The molecule has 2 aliphatic heterocycles. The topological polar surface area (TPSA) is 155 Å². The van der Waals surface area contributed by atoms with Crippen LogP contribution in [0.4, 0.5) is 4.79 Å². The molecule has 0 aromatic carbocycles. The van der Waals surface area contributed by atoms with Crippen LogP contribution in [-0.4, -0.2) is 67.6 Å². The molecule has 0 bridgehead atoms. The van der Waals surface area contributed by atoms with Crippen LogP contribution in [0.2, 0.25) is 36.3 Å². The van der Waals surface area contributed by atoms with Crippen molar-refractivity contribution in [2.24, 2.45) is 5.73 Å². The van der Waals surface area contributed by atoms with E-state index in [1.54, 1.807) is 0 Å². The molecule has 38 heavy (non-hydrogen) atoms. The second-order valence-electron chi connectivity index (χ2n) is 13.1. The Morgan fingerprint density at radius 2 is 1.63 bits per heavy atom. The highest BCUT2D eigenvalue weighted by Gasteiger charge is 2.67. The number of nitrogens with two attached hydrogens (primary N) is 1. The van der Waals surface area contributed by atoms with Crippen LogP contribution in [-0.2, 0) is 32.7 Å². The summed E-state index contributed by atoms with van der Waals surface area (Å²) in [5.74, 6) is -0.672. The van der Waals surface area contributed by atoms with Gasteiger partial charge in [-0.05, 0) is 43.2 Å². The van der Waals surface area contributed by atoms with Gasteiger partial charge in [-0.15, -0.1) is 0 Å². The maximum atomic E-state index is 12.8. The minimum atomic E-state index is -4.18. The number of urea groups is 1. The van der Waals surface area contributed by atoms with Gasteiger partial charge in [-0.1, -0.05) is 48.1 Å². The summed E-state index contributed by atoms with van der Waals surface area (Å²) in [5.41, 5.74) is 4.62. The molecular weight excluding hydrogens is 547 g/mol. The highest BCUT2D eigenvalue weighted by atomic mass is 32.2. The smallest absolute Gasteiger partial charge is 0.323 e. The molecule has 1 fully saturated rings. The third-order valence-corrected chi connectivity index (χ3v) is 18.0. The summed E-state index contributed by atoms with van der Waals surface area (Å²) in [7, 11) is -9.12. The quantitative estimate of drug-likeness (QED) is 0.229. The van der Waals surface area contributed by atoms with Crippen molar-refractivity contribution in [3.63, 3.8) is 0 Å². The third-order valence-electron chi connectivity index (χ3n) is 7.98. The van der Waals surface area contributed by atoms with E-state index in [0.29, 0.717) is 0 Å². The number of nitrogens with one attached hydrogen (secondary N) is 2. The van der Waals surface area contributed by atoms with E-state index in [1.807, 2.05) is 33.9 Å². The number of rotatable bonds is 7. The van der Waals surface area contributed by atoms with Gasteiger partial charge in [-0.2, -0.15) is 8.42 Å². The van der Waals surface area contributed by atoms with Crippen molar-refractivity contribution in [3.8, 4) is 0 Å². The van der Waals surface area contributed by atoms with Crippen LogP contribution >= 0.6 is 0 Å². The van der Waals surface area contributed by atoms with Crippen molar-refractivity contribution in [1.29, 1.82) is 0 Å². The number of carbonyl (C=O) groups is 2. The van der Waals surface area contributed by atoms with Crippen molar-refractivity contribution in [2.45, 2.75) is 109 Å². The number of hydrogen-bond donors (Lipinski definition) is 3. The van der Waals surface area contributed by atoms with E-state index in [1.165, 1.54) is 6.92 Å². The van der Waals surface area contributed by atoms with Gasteiger partial charge in [0.15, 0.2) is 28.5 Å². The molecule has 4 atom stereocenters. The molecule has 4 unspecified atom stereocenters. The standard InChI is InChI=1S/C24H45N3O8SSi2/c1-15(2)19(28)26-21(29)27-20-18(34-38(11,12)23(6,7)8)24(16(25)14-36(30,31)35-24)17(33-20)13-32-37(9,10)22(3,4)5/h14,17-18,20H,1,13,25H2,2-12H3,(H2,26,27,28,29). The molecule has 1 saturated heterocycles. The summed E-state index contributed by atoms with van der Waals surface area (Å²) in [6, 6.07) is -0.864. The van der Waals surface area contributed by atoms with Crippen molar-refractivity contribution >= 4 is 38.7 Å². The number of amides is 3. The van der Waals surface area contributed by atoms with Crippen LogP contribution in [0.15, 0.2) is 23.3 Å². The lowest BCUT2D eigenvalue weighted by atomic mass is 9.89. The Kier molecular flexibility index (Phi) is 8.98. The van der Waals surface area contributed by atoms with E-state index >= 15 is 0 Å². The molecule has 218 valence electrons. The number of ether oxygens (including phenoxy) is 1. The maximum Gasteiger partial charge on any atom is 0.323 e. The summed E-state index contributed by atoms with van der Waals surface area (Å²) in [4.78, 5) is 24.8. The molecule has 0 aromatic rings. The minimum Gasteiger partial charge on any atom is -0.414 e. The lowest BCUT2D eigenvalue weighted by molar-refractivity contribution is -0.116. The van der Waals surface area contributed by atoms with E-state index in [9.17, 15) is 18.0 Å². The minimum absolute atomic E-state index is 0.0532. The average molecular weight is 592 g/mol. The molecule has 0 radical (unpaired) electrons. The van der Waals surface area contributed by atoms with E-state index in [0.717, 1.165) is 5.41 Å². The first-order chi connectivity index (χ1) is 16.9. The van der Waals surface area contributed by atoms with E-state index in [2.05, 4.69) is 51.1 Å². The second kappa shape index (κ2) is 10.4. The average Bonchev–Trinajstić information content (AvgIpc) is 3.10. The van der Waals surface area contributed by atoms with Gasteiger partial charge >= 0.3 is 6.03 Å². The van der Waals surface area contributed by atoms with Gasteiger partial charge in [-0.3, -0.25) is 10.1 Å². The second-order valence-corrected chi connectivity index (χ2v) is 24.0. The Hall–Kier alpha value is -1.56. The van der Waals surface area contributed by atoms with Crippen LogP contribution in [0.5, 0.6) is 0 Å². The molecule has 2 rings (SSSR count). The fraction of sp³-hybridized carbons (Fsp3) is 0.750. The molecule has 0 aromatic heterocycles. The molecule has 0 saturated carbocycles. The van der Waals surface area contributed by atoms with Gasteiger partial charge in [0.25, 0.3) is 16.0 Å². The van der Waals surface area contributed by atoms with Crippen molar-refractivity contribution < 1.29 is 35.8 Å². The normalized spacial score (nSPS) is 27.8. The van der Waals surface area contributed by atoms with E-state index in [4.69, 9.17) is 23.5 Å². The number of imide groups is 1. The van der Waals surface area contributed by atoms with Gasteiger partial charge in [0, 0.05) is 5.57 Å². The zero-order chi connectivity index (χ0) is 29.7. The van der Waals surface area contributed by atoms with Crippen LogP contribution in [0.25, 0.3) is 0 Å². The highest BCUT2D eigenvalue weighted by molar-refractivity contribution is 7.90. The Morgan fingerprint density at radius 1 is 1.11 bits per heavy atom. The molecule has 3 amide bonds. The zero-order valence-electron chi connectivity index (χ0n) is 24.5. The number of hydrogen-bond acceptors (Lipinski definition) is 9. The van der Waals surface area contributed by atoms with Crippen molar-refractivity contribution in [1.82, 2.24) is 10.6 Å². The van der Waals surface area contributed by atoms with Crippen LogP contribution in [0, 0.1) is 0 Å². The fourth-order valence-corrected chi connectivity index (χ4v) is 7.03. The molecule has 4 N–H and O–H groups in total. The Morgan fingerprint density at radius 3 is 2.05 bits per heavy atom. The molecule has 11 nitrogen and oxygen atoms in total. The largest absolute Gasteiger partial charge is 0.414 e. The number of carbonyl (C=O) groups excluding carboxylic acids is 2. The molecule has 2 aliphatic rings. The Balaban J connectivity index is 2.58. The first-order valence-electron chi connectivity index (χ1n) is 12.5. The summed E-state index contributed by atoms with van der Waals surface area (Å²) in [6.45, 7) is 25.3. The Bertz CT molecular complexity index is 1110. The maximum absolute atomic E-state index is 12.8. The molecule has 14 heteroatoms. The van der Waals surface area contributed by atoms with Crippen LogP contribution in [0.1, 0.15) is 48.5 Å². The predicted molar refractivity (Wildman–Crippen MR) is 150 cm³/mol.